The lowest BCUT2D eigenvalue weighted by molar-refractivity contribution is 0.0245. The van der Waals surface area contributed by atoms with Crippen LogP contribution in [0.4, 0.5) is 10.5 Å². The number of hydrogen-bond acceptors (Lipinski definition) is 5. The fourth-order valence-electron chi connectivity index (χ4n) is 2.88. The fourth-order valence-corrected chi connectivity index (χ4v) is 2.88. The van der Waals surface area contributed by atoms with Crippen molar-refractivity contribution in [2.24, 2.45) is 0 Å². The summed E-state index contributed by atoms with van der Waals surface area (Å²) < 4.78 is 7.02. The van der Waals surface area contributed by atoms with Crippen LogP contribution in [0.5, 0.6) is 0 Å². The molecule has 3 rings (SSSR count). The third-order valence-electron chi connectivity index (χ3n) is 4.41. The van der Waals surface area contributed by atoms with Gasteiger partial charge in [-0.3, -0.25) is 4.79 Å². The van der Waals surface area contributed by atoms with Crippen LogP contribution in [-0.2, 0) is 11.3 Å². The Morgan fingerprint density at radius 3 is 2.42 bits per heavy atom. The van der Waals surface area contributed by atoms with E-state index in [0.717, 1.165) is 11.3 Å². The molecule has 2 aromatic carbocycles. The maximum Gasteiger partial charge on any atom is 0.410 e. The summed E-state index contributed by atoms with van der Waals surface area (Å²) in [5.41, 5.74) is 1.81. The van der Waals surface area contributed by atoms with Gasteiger partial charge in [0.1, 0.15) is 5.60 Å². The zero-order valence-corrected chi connectivity index (χ0v) is 18.2. The summed E-state index contributed by atoms with van der Waals surface area (Å²) in [6, 6.07) is 16.8. The maximum absolute atomic E-state index is 12.8. The molecule has 0 unspecified atom stereocenters. The summed E-state index contributed by atoms with van der Waals surface area (Å²) in [6.45, 7) is 8.15. The van der Waals surface area contributed by atoms with E-state index in [0.29, 0.717) is 18.8 Å². The SMILES string of the molecule is CCN(Cc1ccccc1NC(=O)c1cn(-c2ccccc2)nn1)C(=O)OC(C)(C)C. The first kappa shape index (κ1) is 22.0. The molecule has 0 aliphatic carbocycles. The lowest BCUT2D eigenvalue weighted by atomic mass is 10.1. The number of hydrogen-bond donors (Lipinski definition) is 1. The van der Waals surface area contributed by atoms with E-state index in [2.05, 4.69) is 15.6 Å². The van der Waals surface area contributed by atoms with Crippen LogP contribution >= 0.6 is 0 Å². The second kappa shape index (κ2) is 9.42. The maximum atomic E-state index is 12.8. The van der Waals surface area contributed by atoms with E-state index < -0.39 is 11.7 Å². The third-order valence-corrected chi connectivity index (χ3v) is 4.41. The summed E-state index contributed by atoms with van der Waals surface area (Å²) in [7, 11) is 0. The Bertz CT molecular complexity index is 1040. The highest BCUT2D eigenvalue weighted by molar-refractivity contribution is 6.03. The molecule has 8 heteroatoms. The Hall–Kier alpha value is -3.68. The van der Waals surface area contributed by atoms with Crippen molar-refractivity contribution in [3.05, 3.63) is 72.1 Å². The summed E-state index contributed by atoms with van der Waals surface area (Å²) in [6.07, 6.45) is 1.17. The number of ether oxygens (including phenoxy) is 1. The molecule has 162 valence electrons. The van der Waals surface area contributed by atoms with Crippen molar-refractivity contribution in [1.82, 2.24) is 19.9 Å². The van der Waals surface area contributed by atoms with E-state index in [1.165, 1.54) is 0 Å². The quantitative estimate of drug-likeness (QED) is 0.642. The number of anilines is 1. The van der Waals surface area contributed by atoms with Crippen molar-refractivity contribution in [3.8, 4) is 5.69 Å². The molecule has 0 spiro atoms. The molecule has 0 aliphatic rings. The summed E-state index contributed by atoms with van der Waals surface area (Å²) in [5.74, 6) is -0.380. The molecule has 1 N–H and O–H groups in total. The van der Waals surface area contributed by atoms with Crippen LogP contribution in [0.15, 0.2) is 60.8 Å². The first-order valence-electron chi connectivity index (χ1n) is 10.1. The van der Waals surface area contributed by atoms with Gasteiger partial charge in [-0.25, -0.2) is 9.48 Å². The van der Waals surface area contributed by atoms with Crippen LogP contribution in [0.1, 0.15) is 43.7 Å². The largest absolute Gasteiger partial charge is 0.444 e. The van der Waals surface area contributed by atoms with Crippen molar-refractivity contribution in [1.29, 1.82) is 0 Å². The fraction of sp³-hybridized carbons (Fsp3) is 0.304. The normalized spacial score (nSPS) is 11.1. The number of carbonyl (C=O) groups excluding carboxylic acids is 2. The molecular weight excluding hydrogens is 394 g/mol. The van der Waals surface area contributed by atoms with Gasteiger partial charge in [0.05, 0.1) is 18.4 Å². The van der Waals surface area contributed by atoms with Gasteiger partial charge < -0.3 is 15.0 Å². The molecule has 31 heavy (non-hydrogen) atoms. The molecule has 2 amide bonds. The number of benzene rings is 2. The number of aromatic nitrogens is 3. The van der Waals surface area contributed by atoms with Gasteiger partial charge in [0.2, 0.25) is 0 Å². The van der Waals surface area contributed by atoms with Gasteiger partial charge in [0.25, 0.3) is 5.91 Å². The van der Waals surface area contributed by atoms with Gasteiger partial charge in [-0.1, -0.05) is 41.6 Å². The molecule has 0 aliphatic heterocycles. The van der Waals surface area contributed by atoms with E-state index in [4.69, 9.17) is 4.74 Å². The summed E-state index contributed by atoms with van der Waals surface area (Å²) in [4.78, 5) is 26.8. The van der Waals surface area contributed by atoms with Crippen molar-refractivity contribution >= 4 is 17.7 Å². The first-order chi connectivity index (χ1) is 14.8. The summed E-state index contributed by atoms with van der Waals surface area (Å²) in [5, 5.41) is 10.9. The predicted octanol–water partition coefficient (Wildman–Crippen LogP) is 4.28. The number of amides is 2. The number of para-hydroxylation sites is 2. The minimum atomic E-state index is -0.581. The van der Waals surface area contributed by atoms with Crippen LogP contribution in [0.3, 0.4) is 0 Å². The van der Waals surface area contributed by atoms with Crippen LogP contribution in [0.25, 0.3) is 5.69 Å². The molecule has 0 saturated heterocycles. The topological polar surface area (TPSA) is 89.4 Å². The number of nitrogens with zero attached hydrogens (tertiary/aromatic N) is 4. The predicted molar refractivity (Wildman–Crippen MR) is 118 cm³/mol. The van der Waals surface area contributed by atoms with Crippen molar-refractivity contribution in [2.75, 3.05) is 11.9 Å². The second-order valence-corrected chi connectivity index (χ2v) is 7.99. The Kier molecular flexibility index (Phi) is 6.69. The minimum Gasteiger partial charge on any atom is -0.444 e. The van der Waals surface area contributed by atoms with E-state index in [1.54, 1.807) is 21.8 Å². The third kappa shape index (κ3) is 5.91. The van der Waals surface area contributed by atoms with Crippen LogP contribution in [0, 0.1) is 0 Å². The van der Waals surface area contributed by atoms with Crippen LogP contribution in [-0.4, -0.2) is 44.0 Å². The molecule has 0 atom stereocenters. The van der Waals surface area contributed by atoms with Gasteiger partial charge in [-0.2, -0.15) is 0 Å². The van der Waals surface area contributed by atoms with Crippen molar-refractivity contribution < 1.29 is 14.3 Å². The number of nitrogens with one attached hydrogen (secondary N) is 1. The molecule has 0 bridgehead atoms. The van der Waals surface area contributed by atoms with Crippen LogP contribution in [0.2, 0.25) is 0 Å². The van der Waals surface area contributed by atoms with E-state index in [9.17, 15) is 9.59 Å². The molecule has 0 saturated carbocycles. The number of rotatable bonds is 6. The molecule has 1 heterocycles. The lowest BCUT2D eigenvalue weighted by Gasteiger charge is -2.27. The number of carbonyl (C=O) groups is 2. The van der Waals surface area contributed by atoms with Gasteiger partial charge in [0, 0.05) is 12.2 Å². The zero-order valence-electron chi connectivity index (χ0n) is 18.2. The zero-order chi connectivity index (χ0) is 22.4. The molecule has 8 nitrogen and oxygen atoms in total. The van der Waals surface area contributed by atoms with E-state index in [1.807, 2.05) is 76.2 Å². The Morgan fingerprint density at radius 2 is 1.74 bits per heavy atom. The van der Waals surface area contributed by atoms with Gasteiger partial charge in [-0.05, 0) is 51.5 Å². The van der Waals surface area contributed by atoms with Crippen molar-refractivity contribution in [3.63, 3.8) is 0 Å². The standard InChI is InChI=1S/C23H27N5O3/c1-5-27(22(30)31-23(2,3)4)15-17-11-9-10-14-19(17)24-21(29)20-16-28(26-25-20)18-12-7-6-8-13-18/h6-14,16H,5,15H2,1-4H3,(H,24,29). The van der Waals surface area contributed by atoms with Crippen LogP contribution < -0.4 is 5.32 Å². The second-order valence-electron chi connectivity index (χ2n) is 7.99. The molecule has 1 aromatic heterocycles. The Labute approximate surface area is 181 Å². The first-order valence-corrected chi connectivity index (χ1v) is 10.1. The van der Waals surface area contributed by atoms with Gasteiger partial charge >= 0.3 is 6.09 Å². The van der Waals surface area contributed by atoms with E-state index >= 15 is 0 Å². The highest BCUT2D eigenvalue weighted by atomic mass is 16.6. The Morgan fingerprint density at radius 1 is 1.06 bits per heavy atom. The molecule has 0 radical (unpaired) electrons. The molecule has 3 aromatic rings. The average molecular weight is 422 g/mol. The average Bonchev–Trinajstić information content (AvgIpc) is 3.23. The minimum absolute atomic E-state index is 0.193. The highest BCUT2D eigenvalue weighted by Gasteiger charge is 2.22. The van der Waals surface area contributed by atoms with Gasteiger partial charge in [-0.15, -0.1) is 5.10 Å². The summed E-state index contributed by atoms with van der Waals surface area (Å²) >= 11 is 0. The van der Waals surface area contributed by atoms with Gasteiger partial charge in [0.15, 0.2) is 5.69 Å². The lowest BCUT2D eigenvalue weighted by Crippen LogP contribution is -2.36. The smallest absolute Gasteiger partial charge is 0.410 e. The Balaban J connectivity index is 1.74. The van der Waals surface area contributed by atoms with E-state index in [-0.39, 0.29) is 11.6 Å². The monoisotopic (exact) mass is 421 g/mol. The molecular formula is C23H27N5O3. The highest BCUT2D eigenvalue weighted by Crippen LogP contribution is 2.20. The molecule has 0 fully saturated rings. The van der Waals surface area contributed by atoms with Crippen molar-refractivity contribution in [2.45, 2.75) is 39.8 Å².